The van der Waals surface area contributed by atoms with E-state index in [1.807, 2.05) is 0 Å². The number of hydrogen-bond acceptors (Lipinski definition) is 5. The number of aliphatic hydroxyl groups is 1. The lowest BCUT2D eigenvalue weighted by Gasteiger charge is -2.34. The van der Waals surface area contributed by atoms with Crippen molar-refractivity contribution < 1.29 is 35.8 Å². The van der Waals surface area contributed by atoms with Gasteiger partial charge < -0.3 is 9.84 Å². The van der Waals surface area contributed by atoms with E-state index in [0.29, 0.717) is 11.3 Å². The Morgan fingerprint density at radius 2 is 1.91 bits per heavy atom. The monoisotopic (exact) mass is 374 g/mol. The second kappa shape index (κ2) is 5.06. The third-order valence-corrected chi connectivity index (χ3v) is 7.03. The summed E-state index contributed by atoms with van der Waals surface area (Å²) in [7, 11) is -3.81. The summed E-state index contributed by atoms with van der Waals surface area (Å²) in [6, 6.07) is 0. The first-order chi connectivity index (χ1) is 10.4. The Hall–Kier alpha value is -0.870. The lowest BCUT2D eigenvalue weighted by Crippen LogP contribution is -2.38. The topological polar surface area (TPSA) is 63.6 Å². The van der Waals surface area contributed by atoms with Crippen LogP contribution in [0.1, 0.15) is 30.1 Å². The minimum atomic E-state index is -3.81. The molecule has 1 unspecified atom stereocenters. The Balaban J connectivity index is 1.87. The Bertz CT molecular complexity index is 733. The molecule has 23 heavy (non-hydrogen) atoms. The molecule has 0 aliphatic heterocycles. The Labute approximate surface area is 134 Å². The quantitative estimate of drug-likeness (QED) is 0.824. The summed E-state index contributed by atoms with van der Waals surface area (Å²) in [5.74, 6) is -6.58. The van der Waals surface area contributed by atoms with Crippen LogP contribution in [0.2, 0.25) is 0 Å². The molecule has 10 heteroatoms. The maximum absolute atomic E-state index is 13.7. The van der Waals surface area contributed by atoms with E-state index in [0.717, 1.165) is 6.26 Å². The van der Waals surface area contributed by atoms with E-state index < -0.39 is 40.1 Å². The molecule has 1 saturated carbocycles. The summed E-state index contributed by atoms with van der Waals surface area (Å²) in [5, 5.41) is 9.67. The number of sulfone groups is 1. The minimum Gasteiger partial charge on any atom is -0.483 e. The lowest BCUT2D eigenvalue weighted by molar-refractivity contribution is -0.118. The van der Waals surface area contributed by atoms with E-state index in [9.17, 15) is 31.1 Å². The van der Waals surface area contributed by atoms with Crippen LogP contribution in [-0.4, -0.2) is 38.2 Å². The third kappa shape index (κ3) is 2.96. The fraction of sp³-hybridized carbons (Fsp3) is 0.692. The van der Waals surface area contributed by atoms with Crippen molar-refractivity contribution in [2.45, 2.75) is 41.4 Å². The first-order valence-corrected chi connectivity index (χ1v) is 9.54. The van der Waals surface area contributed by atoms with Gasteiger partial charge >= 0.3 is 0 Å². The molecule has 1 heterocycles. The molecule has 1 atom stereocenters. The van der Waals surface area contributed by atoms with Crippen molar-refractivity contribution in [1.82, 2.24) is 0 Å². The van der Waals surface area contributed by atoms with Gasteiger partial charge in [0.05, 0.1) is 6.61 Å². The Morgan fingerprint density at radius 1 is 1.30 bits per heavy atom. The Morgan fingerprint density at radius 3 is 2.43 bits per heavy atom. The van der Waals surface area contributed by atoms with Crippen molar-refractivity contribution in [1.29, 1.82) is 0 Å². The van der Waals surface area contributed by atoms with Crippen molar-refractivity contribution >= 4 is 21.2 Å². The molecule has 3 rings (SSSR count). The standard InChI is InChI=1S/C13H14F4O4S2/c1-23(19,20)11-8-7(4-13(16,17)9(8)18)10(22-11)21-5-6-2-12(14,15)3-6/h6,9,18H,2-5H2,1H3. The molecular weight excluding hydrogens is 360 g/mol. The van der Waals surface area contributed by atoms with E-state index >= 15 is 0 Å². The van der Waals surface area contributed by atoms with Crippen LogP contribution in [0.15, 0.2) is 4.21 Å². The highest BCUT2D eigenvalue weighted by Crippen LogP contribution is 2.53. The second-order valence-electron chi connectivity index (χ2n) is 6.12. The van der Waals surface area contributed by atoms with Crippen LogP contribution in [0.25, 0.3) is 0 Å². The van der Waals surface area contributed by atoms with Crippen LogP contribution >= 0.6 is 11.3 Å². The van der Waals surface area contributed by atoms with E-state index in [4.69, 9.17) is 4.74 Å². The van der Waals surface area contributed by atoms with Gasteiger partial charge in [0.25, 0.3) is 5.92 Å². The summed E-state index contributed by atoms with van der Waals surface area (Å²) < 4.78 is 81.4. The number of halogens is 4. The average molecular weight is 374 g/mol. The van der Waals surface area contributed by atoms with Crippen LogP contribution in [0.4, 0.5) is 17.6 Å². The SMILES string of the molecule is CS(=O)(=O)c1sc(OCC2CC(F)(F)C2)c2c1C(O)C(F)(F)C2. The summed E-state index contributed by atoms with van der Waals surface area (Å²) in [4.78, 5) is 0. The van der Waals surface area contributed by atoms with Crippen LogP contribution < -0.4 is 4.74 Å². The van der Waals surface area contributed by atoms with Crippen molar-refractivity contribution in [2.24, 2.45) is 5.92 Å². The molecule has 1 aromatic rings. The fourth-order valence-corrected chi connectivity index (χ4v) is 5.32. The fourth-order valence-electron chi connectivity index (χ4n) is 2.91. The number of rotatable bonds is 4. The molecule has 0 radical (unpaired) electrons. The number of alkyl halides is 4. The summed E-state index contributed by atoms with van der Waals surface area (Å²) in [6.45, 7) is -0.0899. The zero-order valence-electron chi connectivity index (χ0n) is 12.0. The van der Waals surface area contributed by atoms with Crippen LogP contribution in [0.3, 0.4) is 0 Å². The highest BCUT2D eigenvalue weighted by Gasteiger charge is 2.52. The second-order valence-corrected chi connectivity index (χ2v) is 9.32. The maximum atomic E-state index is 13.7. The number of thiophene rings is 1. The molecule has 1 N–H and O–H groups in total. The van der Waals surface area contributed by atoms with Crippen molar-refractivity contribution in [3.05, 3.63) is 11.1 Å². The first kappa shape index (κ1) is 17.0. The molecule has 0 spiro atoms. The summed E-state index contributed by atoms with van der Waals surface area (Å²) in [5.41, 5.74) is -0.365. The summed E-state index contributed by atoms with van der Waals surface area (Å²) in [6.07, 6.45) is -2.84. The predicted octanol–water partition coefficient (Wildman–Crippen LogP) is 2.80. The van der Waals surface area contributed by atoms with Crippen LogP contribution in [0, 0.1) is 5.92 Å². The average Bonchev–Trinajstić information content (AvgIpc) is 2.80. The van der Waals surface area contributed by atoms with Crippen LogP contribution in [0.5, 0.6) is 5.06 Å². The van der Waals surface area contributed by atoms with Gasteiger partial charge in [0.1, 0.15) is 10.3 Å². The molecule has 1 fully saturated rings. The van der Waals surface area contributed by atoms with Gasteiger partial charge in [0, 0.05) is 42.6 Å². The molecule has 0 bridgehead atoms. The number of aliphatic hydroxyl groups excluding tert-OH is 1. The minimum absolute atomic E-state index is 0.0353. The molecule has 0 saturated heterocycles. The van der Waals surface area contributed by atoms with E-state index in [-0.39, 0.29) is 39.8 Å². The maximum Gasteiger partial charge on any atom is 0.281 e. The van der Waals surface area contributed by atoms with Gasteiger partial charge in [0.2, 0.25) is 5.92 Å². The van der Waals surface area contributed by atoms with Gasteiger partial charge in [-0.25, -0.2) is 26.0 Å². The molecule has 0 aromatic carbocycles. The third-order valence-electron chi connectivity index (χ3n) is 4.02. The van der Waals surface area contributed by atoms with Gasteiger partial charge in [-0.05, 0) is 0 Å². The molecule has 2 aliphatic carbocycles. The molecular formula is C13H14F4O4S2. The highest BCUT2D eigenvalue weighted by molar-refractivity contribution is 7.92. The number of ether oxygens (including phenoxy) is 1. The van der Waals surface area contributed by atoms with Gasteiger partial charge in [-0.15, -0.1) is 0 Å². The normalized spacial score (nSPS) is 25.9. The zero-order valence-corrected chi connectivity index (χ0v) is 13.6. The van der Waals surface area contributed by atoms with Crippen molar-refractivity contribution in [3.63, 3.8) is 0 Å². The molecule has 4 nitrogen and oxygen atoms in total. The van der Waals surface area contributed by atoms with E-state index in [1.54, 1.807) is 0 Å². The Kier molecular flexibility index (Phi) is 3.73. The lowest BCUT2D eigenvalue weighted by atomic mass is 9.82. The van der Waals surface area contributed by atoms with Gasteiger partial charge in [0.15, 0.2) is 14.9 Å². The van der Waals surface area contributed by atoms with E-state index in [1.165, 1.54) is 0 Å². The summed E-state index contributed by atoms with van der Waals surface area (Å²) >= 11 is 0.659. The van der Waals surface area contributed by atoms with Gasteiger partial charge in [-0.2, -0.15) is 0 Å². The molecule has 1 aromatic heterocycles. The zero-order chi connectivity index (χ0) is 17.2. The van der Waals surface area contributed by atoms with E-state index in [2.05, 4.69) is 0 Å². The van der Waals surface area contributed by atoms with Crippen molar-refractivity contribution in [2.75, 3.05) is 12.9 Å². The van der Waals surface area contributed by atoms with Gasteiger partial charge in [-0.3, -0.25) is 0 Å². The largest absolute Gasteiger partial charge is 0.483 e. The van der Waals surface area contributed by atoms with Gasteiger partial charge in [-0.1, -0.05) is 11.3 Å². The van der Waals surface area contributed by atoms with Crippen LogP contribution in [-0.2, 0) is 16.3 Å². The highest BCUT2D eigenvalue weighted by atomic mass is 32.2. The predicted molar refractivity (Wildman–Crippen MR) is 74.2 cm³/mol. The first-order valence-electron chi connectivity index (χ1n) is 6.83. The number of fused-ring (bicyclic) bond motifs is 1. The molecule has 2 aliphatic rings. The van der Waals surface area contributed by atoms with Crippen molar-refractivity contribution in [3.8, 4) is 5.06 Å². The smallest absolute Gasteiger partial charge is 0.281 e. The molecule has 130 valence electrons. The number of hydrogen-bond donors (Lipinski definition) is 1. The molecule has 0 amide bonds.